The fraction of sp³-hybridized carbons (Fsp3) is 0.455. The third-order valence-corrected chi connectivity index (χ3v) is 2.65. The van der Waals surface area contributed by atoms with E-state index in [0.29, 0.717) is 6.54 Å². The van der Waals surface area contributed by atoms with Gasteiger partial charge in [-0.3, -0.25) is 0 Å². The number of aliphatic hydroxyl groups excluding tert-OH is 1. The highest BCUT2D eigenvalue weighted by Crippen LogP contribution is 2.28. The monoisotopic (exact) mass is 192 g/mol. The Balaban J connectivity index is 2.15. The van der Waals surface area contributed by atoms with Gasteiger partial charge in [-0.25, -0.2) is 0 Å². The Morgan fingerprint density at radius 3 is 3.14 bits per heavy atom. The van der Waals surface area contributed by atoms with Crippen LogP contribution in [0.5, 0.6) is 0 Å². The van der Waals surface area contributed by atoms with E-state index in [1.807, 2.05) is 0 Å². The lowest BCUT2D eigenvalue weighted by Crippen LogP contribution is -2.12. The summed E-state index contributed by atoms with van der Waals surface area (Å²) in [6, 6.07) is 6.38. The van der Waals surface area contributed by atoms with E-state index in [4.69, 9.17) is 5.11 Å². The number of hydrogen-bond donors (Lipinski definition) is 2. The average molecular weight is 192 g/mol. The lowest BCUT2D eigenvalue weighted by atomic mass is 10.1. The molecule has 0 amide bonds. The van der Waals surface area contributed by atoms with Gasteiger partial charge in [-0.1, -0.05) is 0 Å². The first-order valence-electron chi connectivity index (χ1n) is 5.00. The van der Waals surface area contributed by atoms with Crippen molar-refractivity contribution in [3.63, 3.8) is 0 Å². The Kier molecular flexibility index (Phi) is 2.59. The average Bonchev–Trinajstić information content (AvgIpc) is 2.57. The van der Waals surface area contributed by atoms with Crippen molar-refractivity contribution >= 4 is 11.4 Å². The van der Waals surface area contributed by atoms with Crippen LogP contribution in [0.2, 0.25) is 0 Å². The molecule has 0 atom stereocenters. The zero-order valence-electron chi connectivity index (χ0n) is 8.45. The summed E-state index contributed by atoms with van der Waals surface area (Å²) in [5, 5.41) is 11.9. The molecule has 1 aromatic rings. The van der Waals surface area contributed by atoms with Crippen LogP contribution in [0, 0.1) is 0 Å². The summed E-state index contributed by atoms with van der Waals surface area (Å²) in [5.74, 6) is 0. The molecular weight excluding hydrogens is 176 g/mol. The first kappa shape index (κ1) is 9.34. The molecule has 1 aliphatic heterocycles. The highest BCUT2D eigenvalue weighted by molar-refractivity contribution is 5.63. The predicted molar refractivity (Wildman–Crippen MR) is 59.0 cm³/mol. The number of likely N-dealkylation sites (N-methyl/N-ethyl adjacent to an activating group) is 1. The van der Waals surface area contributed by atoms with Gasteiger partial charge >= 0.3 is 0 Å². The Morgan fingerprint density at radius 1 is 1.50 bits per heavy atom. The summed E-state index contributed by atoms with van der Waals surface area (Å²) in [4.78, 5) is 2.27. The van der Waals surface area contributed by atoms with Crippen LogP contribution in [0.3, 0.4) is 0 Å². The van der Waals surface area contributed by atoms with Gasteiger partial charge in [0.2, 0.25) is 0 Å². The zero-order valence-corrected chi connectivity index (χ0v) is 8.45. The Bertz CT molecular complexity index is 325. The van der Waals surface area contributed by atoms with Gasteiger partial charge in [-0.2, -0.15) is 0 Å². The molecule has 1 heterocycles. The van der Waals surface area contributed by atoms with Crippen molar-refractivity contribution in [3.8, 4) is 0 Å². The standard InChI is InChI=1S/C11H16N2O/c1-13-6-4-9-8-10(12-5-7-14)2-3-11(9)13/h2-3,8,12,14H,4-7H2,1H3. The van der Waals surface area contributed by atoms with Crippen molar-refractivity contribution in [2.75, 3.05) is 37.0 Å². The highest BCUT2D eigenvalue weighted by Gasteiger charge is 2.14. The van der Waals surface area contributed by atoms with Crippen LogP contribution in [-0.2, 0) is 6.42 Å². The maximum absolute atomic E-state index is 8.69. The van der Waals surface area contributed by atoms with Crippen LogP contribution in [0.25, 0.3) is 0 Å². The van der Waals surface area contributed by atoms with Crippen LogP contribution in [0.15, 0.2) is 18.2 Å². The molecule has 0 aromatic heterocycles. The molecule has 1 aromatic carbocycles. The van der Waals surface area contributed by atoms with E-state index in [9.17, 15) is 0 Å². The normalized spacial score (nSPS) is 14.3. The van der Waals surface area contributed by atoms with E-state index in [-0.39, 0.29) is 6.61 Å². The molecule has 0 unspecified atom stereocenters. The molecule has 0 bridgehead atoms. The minimum atomic E-state index is 0.178. The van der Waals surface area contributed by atoms with Crippen LogP contribution in [-0.4, -0.2) is 31.9 Å². The van der Waals surface area contributed by atoms with Crippen molar-refractivity contribution in [3.05, 3.63) is 23.8 Å². The van der Waals surface area contributed by atoms with Crippen LogP contribution in [0.1, 0.15) is 5.56 Å². The van der Waals surface area contributed by atoms with E-state index in [2.05, 4.69) is 35.5 Å². The molecule has 0 saturated heterocycles. The number of benzene rings is 1. The van der Waals surface area contributed by atoms with Gasteiger partial charge in [0, 0.05) is 31.5 Å². The first-order valence-corrected chi connectivity index (χ1v) is 5.00. The summed E-state index contributed by atoms with van der Waals surface area (Å²) in [7, 11) is 2.12. The number of fused-ring (bicyclic) bond motifs is 1. The lowest BCUT2D eigenvalue weighted by Gasteiger charge is -2.12. The molecular formula is C11H16N2O. The first-order chi connectivity index (χ1) is 6.81. The van der Waals surface area contributed by atoms with Gasteiger partial charge in [0.25, 0.3) is 0 Å². The second-order valence-corrected chi connectivity index (χ2v) is 3.67. The van der Waals surface area contributed by atoms with Gasteiger partial charge in [0.1, 0.15) is 0 Å². The lowest BCUT2D eigenvalue weighted by molar-refractivity contribution is 0.311. The third kappa shape index (κ3) is 1.68. The Labute approximate surface area is 84.4 Å². The maximum atomic E-state index is 8.69. The molecule has 2 rings (SSSR count). The highest BCUT2D eigenvalue weighted by atomic mass is 16.3. The second kappa shape index (κ2) is 3.88. The second-order valence-electron chi connectivity index (χ2n) is 3.67. The maximum Gasteiger partial charge on any atom is 0.0604 e. The van der Waals surface area contributed by atoms with Crippen LogP contribution >= 0.6 is 0 Å². The van der Waals surface area contributed by atoms with E-state index >= 15 is 0 Å². The quantitative estimate of drug-likeness (QED) is 0.752. The fourth-order valence-electron chi connectivity index (χ4n) is 1.88. The summed E-state index contributed by atoms with van der Waals surface area (Å²) in [6.45, 7) is 1.91. The van der Waals surface area contributed by atoms with Gasteiger partial charge in [0.05, 0.1) is 6.61 Å². The van der Waals surface area contributed by atoms with Gasteiger partial charge in [-0.05, 0) is 30.2 Å². The molecule has 0 saturated carbocycles. The van der Waals surface area contributed by atoms with Gasteiger partial charge in [-0.15, -0.1) is 0 Å². The third-order valence-electron chi connectivity index (χ3n) is 2.65. The van der Waals surface area contributed by atoms with E-state index < -0.39 is 0 Å². The van der Waals surface area contributed by atoms with Crippen molar-refractivity contribution < 1.29 is 5.11 Å². The molecule has 0 fully saturated rings. The number of rotatable bonds is 3. The topological polar surface area (TPSA) is 35.5 Å². The fourth-order valence-corrected chi connectivity index (χ4v) is 1.88. The number of anilines is 2. The zero-order chi connectivity index (χ0) is 9.97. The van der Waals surface area contributed by atoms with Gasteiger partial charge < -0.3 is 15.3 Å². The molecule has 2 N–H and O–H groups in total. The molecule has 0 aliphatic carbocycles. The Morgan fingerprint density at radius 2 is 2.36 bits per heavy atom. The number of nitrogens with one attached hydrogen (secondary N) is 1. The largest absolute Gasteiger partial charge is 0.395 e. The number of aliphatic hydroxyl groups is 1. The van der Waals surface area contributed by atoms with E-state index in [1.54, 1.807) is 0 Å². The van der Waals surface area contributed by atoms with Crippen LogP contribution in [0.4, 0.5) is 11.4 Å². The van der Waals surface area contributed by atoms with Crippen molar-refractivity contribution in [1.82, 2.24) is 0 Å². The van der Waals surface area contributed by atoms with Gasteiger partial charge in [0.15, 0.2) is 0 Å². The summed E-state index contributed by atoms with van der Waals surface area (Å²) < 4.78 is 0. The van der Waals surface area contributed by atoms with Crippen molar-refractivity contribution in [1.29, 1.82) is 0 Å². The molecule has 1 aliphatic rings. The molecule has 76 valence electrons. The predicted octanol–water partition coefficient (Wildman–Crippen LogP) is 1.08. The molecule has 0 radical (unpaired) electrons. The number of hydrogen-bond acceptors (Lipinski definition) is 3. The summed E-state index contributed by atoms with van der Waals surface area (Å²) in [6.07, 6.45) is 1.13. The minimum Gasteiger partial charge on any atom is -0.395 e. The van der Waals surface area contributed by atoms with Crippen molar-refractivity contribution in [2.24, 2.45) is 0 Å². The van der Waals surface area contributed by atoms with Crippen LogP contribution < -0.4 is 10.2 Å². The molecule has 0 spiro atoms. The molecule has 3 nitrogen and oxygen atoms in total. The minimum absolute atomic E-state index is 0.178. The molecule has 3 heteroatoms. The van der Waals surface area contributed by atoms with Crippen molar-refractivity contribution in [2.45, 2.75) is 6.42 Å². The summed E-state index contributed by atoms with van der Waals surface area (Å²) in [5.41, 5.74) is 3.84. The number of nitrogens with zero attached hydrogens (tertiary/aromatic N) is 1. The Hall–Kier alpha value is -1.22. The molecule has 14 heavy (non-hydrogen) atoms. The SMILES string of the molecule is CN1CCc2cc(NCCO)ccc21. The smallest absolute Gasteiger partial charge is 0.0604 e. The van der Waals surface area contributed by atoms with E-state index in [0.717, 1.165) is 18.7 Å². The van der Waals surface area contributed by atoms with E-state index in [1.165, 1.54) is 11.3 Å². The summed E-state index contributed by atoms with van der Waals surface area (Å²) >= 11 is 0.